The van der Waals surface area contributed by atoms with Crippen molar-refractivity contribution in [3.8, 4) is 11.5 Å². The van der Waals surface area contributed by atoms with Gasteiger partial charge in [0.1, 0.15) is 11.5 Å². The molecular formula is C22H15FN4. The molecule has 5 rings (SSSR count). The van der Waals surface area contributed by atoms with Gasteiger partial charge in [-0.15, -0.1) is 0 Å². The van der Waals surface area contributed by atoms with Gasteiger partial charge in [-0.05, 0) is 29.8 Å². The molecule has 0 saturated heterocycles. The molecule has 0 aliphatic carbocycles. The molecule has 0 N–H and O–H groups in total. The van der Waals surface area contributed by atoms with Crippen molar-refractivity contribution in [3.63, 3.8) is 0 Å². The molecule has 0 bridgehead atoms. The van der Waals surface area contributed by atoms with Gasteiger partial charge in [-0.3, -0.25) is 4.98 Å². The molecule has 0 fully saturated rings. The van der Waals surface area contributed by atoms with E-state index in [0.29, 0.717) is 23.3 Å². The minimum atomic E-state index is -0.327. The minimum absolute atomic E-state index is 0.327. The van der Waals surface area contributed by atoms with Crippen molar-refractivity contribution in [1.29, 1.82) is 0 Å². The molecule has 27 heavy (non-hydrogen) atoms. The van der Waals surface area contributed by atoms with Crippen LogP contribution in [0.4, 0.5) is 4.39 Å². The van der Waals surface area contributed by atoms with E-state index >= 15 is 0 Å². The van der Waals surface area contributed by atoms with Crippen LogP contribution in [0.15, 0.2) is 79.0 Å². The summed E-state index contributed by atoms with van der Waals surface area (Å²) in [5, 5.41) is 0. The second-order valence-electron chi connectivity index (χ2n) is 6.38. The van der Waals surface area contributed by atoms with Gasteiger partial charge < -0.3 is 4.57 Å². The van der Waals surface area contributed by atoms with E-state index in [1.165, 1.54) is 17.7 Å². The first-order valence-corrected chi connectivity index (χ1v) is 8.70. The van der Waals surface area contributed by atoms with Crippen molar-refractivity contribution in [3.05, 3.63) is 90.4 Å². The van der Waals surface area contributed by atoms with Gasteiger partial charge in [0.2, 0.25) is 0 Å². The normalized spacial score (nSPS) is 11.3. The Labute approximate surface area is 155 Å². The number of hydrogen-bond acceptors (Lipinski definition) is 3. The highest BCUT2D eigenvalue weighted by atomic mass is 19.1. The van der Waals surface area contributed by atoms with Gasteiger partial charge in [-0.1, -0.05) is 42.5 Å². The second kappa shape index (κ2) is 6.29. The van der Waals surface area contributed by atoms with E-state index in [1.807, 2.05) is 42.5 Å². The van der Waals surface area contributed by atoms with Crippen molar-refractivity contribution in [1.82, 2.24) is 19.5 Å². The molecule has 0 radical (unpaired) electrons. The lowest BCUT2D eigenvalue weighted by Crippen LogP contribution is -2.03. The Balaban J connectivity index is 1.71. The average Bonchev–Trinajstić information content (AvgIpc) is 3.07. The third-order valence-electron chi connectivity index (χ3n) is 4.57. The van der Waals surface area contributed by atoms with E-state index in [2.05, 4.69) is 26.7 Å². The van der Waals surface area contributed by atoms with E-state index in [9.17, 15) is 4.39 Å². The first kappa shape index (κ1) is 15.6. The molecule has 0 aliphatic heterocycles. The fraction of sp³-hybridized carbons (Fsp3) is 0.0455. The van der Waals surface area contributed by atoms with Gasteiger partial charge >= 0.3 is 0 Å². The minimum Gasteiger partial charge on any atom is -0.318 e. The molecular weight excluding hydrogens is 339 g/mol. The van der Waals surface area contributed by atoms with Crippen molar-refractivity contribution < 1.29 is 4.39 Å². The first-order valence-electron chi connectivity index (χ1n) is 8.70. The summed E-state index contributed by atoms with van der Waals surface area (Å²) in [5.41, 5.74) is 4.89. The summed E-state index contributed by atoms with van der Waals surface area (Å²) in [6.07, 6.45) is 1.70. The lowest BCUT2D eigenvalue weighted by atomic mass is 10.2. The van der Waals surface area contributed by atoms with Crippen molar-refractivity contribution >= 4 is 22.1 Å². The Kier molecular flexibility index (Phi) is 3.64. The van der Waals surface area contributed by atoms with Crippen LogP contribution in [0.2, 0.25) is 0 Å². The summed E-state index contributed by atoms with van der Waals surface area (Å²) in [6.45, 7) is 0.666. The lowest BCUT2D eigenvalue weighted by Gasteiger charge is -2.09. The van der Waals surface area contributed by atoms with Gasteiger partial charge in [0.25, 0.3) is 0 Å². The Bertz CT molecular complexity index is 1260. The van der Waals surface area contributed by atoms with Gasteiger partial charge in [0, 0.05) is 12.6 Å². The molecule has 0 amide bonds. The molecule has 3 aromatic carbocycles. The largest absolute Gasteiger partial charge is 0.318 e. The maximum absolute atomic E-state index is 13.6. The van der Waals surface area contributed by atoms with Crippen LogP contribution in [-0.2, 0) is 6.54 Å². The molecule has 5 aromatic rings. The fourth-order valence-electron chi connectivity index (χ4n) is 3.29. The summed E-state index contributed by atoms with van der Waals surface area (Å²) >= 11 is 0. The van der Waals surface area contributed by atoms with E-state index < -0.39 is 0 Å². The van der Waals surface area contributed by atoms with Crippen LogP contribution in [-0.4, -0.2) is 19.5 Å². The van der Waals surface area contributed by atoms with E-state index in [0.717, 1.165) is 16.9 Å². The number of benzene rings is 3. The number of para-hydroxylation sites is 2. The molecule has 0 aliphatic rings. The smallest absolute Gasteiger partial charge is 0.161 e. The first-order chi connectivity index (χ1) is 13.3. The maximum atomic E-state index is 13.6. The third kappa shape index (κ3) is 2.83. The third-order valence-corrected chi connectivity index (χ3v) is 4.57. The van der Waals surface area contributed by atoms with Gasteiger partial charge in [-0.2, -0.15) is 0 Å². The molecule has 0 unspecified atom stereocenters. The van der Waals surface area contributed by atoms with Crippen molar-refractivity contribution in [2.75, 3.05) is 0 Å². The number of hydrogen-bond donors (Lipinski definition) is 0. The summed E-state index contributed by atoms with van der Waals surface area (Å²) in [7, 11) is 0. The number of aromatic nitrogens is 4. The van der Waals surface area contributed by atoms with Crippen LogP contribution in [0.5, 0.6) is 0 Å². The van der Waals surface area contributed by atoms with Crippen LogP contribution >= 0.6 is 0 Å². The zero-order valence-corrected chi connectivity index (χ0v) is 14.4. The van der Waals surface area contributed by atoms with Crippen LogP contribution < -0.4 is 0 Å². The quantitative estimate of drug-likeness (QED) is 0.466. The van der Waals surface area contributed by atoms with Crippen molar-refractivity contribution in [2.24, 2.45) is 0 Å². The Morgan fingerprint density at radius 1 is 0.778 bits per heavy atom. The van der Waals surface area contributed by atoms with Crippen molar-refractivity contribution in [2.45, 2.75) is 6.54 Å². The number of rotatable bonds is 3. The Morgan fingerprint density at radius 2 is 1.59 bits per heavy atom. The predicted octanol–water partition coefficient (Wildman–Crippen LogP) is 4.83. The van der Waals surface area contributed by atoms with E-state index in [4.69, 9.17) is 4.98 Å². The van der Waals surface area contributed by atoms with Crippen LogP contribution in [0.1, 0.15) is 5.56 Å². The van der Waals surface area contributed by atoms with Gasteiger partial charge in [-0.25, -0.2) is 14.4 Å². The Morgan fingerprint density at radius 3 is 2.48 bits per heavy atom. The second-order valence-corrected chi connectivity index (χ2v) is 6.38. The monoisotopic (exact) mass is 354 g/mol. The van der Waals surface area contributed by atoms with Crippen LogP contribution in [0.25, 0.3) is 33.6 Å². The SMILES string of the molecule is Fc1ccc2ncc(-c3nc4ccccc4n3Cc3ccccc3)nc2c1. The molecule has 2 aromatic heterocycles. The molecule has 5 heteroatoms. The van der Waals surface area contributed by atoms with E-state index in [-0.39, 0.29) is 5.82 Å². The highest BCUT2D eigenvalue weighted by Crippen LogP contribution is 2.25. The van der Waals surface area contributed by atoms with Crippen LogP contribution in [0, 0.1) is 5.82 Å². The topological polar surface area (TPSA) is 43.6 Å². The molecule has 2 heterocycles. The Hall–Kier alpha value is -3.60. The standard InChI is InChI=1S/C22H15FN4/c23-16-10-11-17-19(12-16)25-20(13-24-17)22-26-18-8-4-5-9-21(18)27(22)14-15-6-2-1-3-7-15/h1-13H,14H2. The molecule has 0 saturated carbocycles. The maximum Gasteiger partial charge on any atom is 0.161 e. The molecule has 0 spiro atoms. The number of imidazole rings is 1. The van der Waals surface area contributed by atoms with Crippen LogP contribution in [0.3, 0.4) is 0 Å². The average molecular weight is 354 g/mol. The number of nitrogens with zero attached hydrogens (tertiary/aromatic N) is 4. The highest BCUT2D eigenvalue weighted by molar-refractivity contribution is 5.82. The number of fused-ring (bicyclic) bond motifs is 2. The predicted molar refractivity (Wildman–Crippen MR) is 104 cm³/mol. The molecule has 4 nitrogen and oxygen atoms in total. The number of halogens is 1. The van der Waals surface area contributed by atoms with Gasteiger partial charge in [0.05, 0.1) is 28.3 Å². The molecule has 130 valence electrons. The summed E-state index contributed by atoms with van der Waals surface area (Å²) in [5.74, 6) is 0.394. The zero-order chi connectivity index (χ0) is 18.2. The fourth-order valence-corrected chi connectivity index (χ4v) is 3.29. The molecule has 0 atom stereocenters. The van der Waals surface area contributed by atoms with Gasteiger partial charge in [0.15, 0.2) is 5.82 Å². The summed E-state index contributed by atoms with van der Waals surface area (Å²) < 4.78 is 15.7. The summed E-state index contributed by atoms with van der Waals surface area (Å²) in [4.78, 5) is 13.8. The highest BCUT2D eigenvalue weighted by Gasteiger charge is 2.15. The summed E-state index contributed by atoms with van der Waals surface area (Å²) in [6, 6.07) is 22.6. The lowest BCUT2D eigenvalue weighted by molar-refractivity contribution is 0.629. The van der Waals surface area contributed by atoms with E-state index in [1.54, 1.807) is 12.3 Å². The zero-order valence-electron chi connectivity index (χ0n) is 14.4.